The minimum atomic E-state index is -0.234. The van der Waals surface area contributed by atoms with E-state index < -0.39 is 0 Å². The molecule has 0 aliphatic carbocycles. The van der Waals surface area contributed by atoms with E-state index in [9.17, 15) is 4.39 Å². The molecule has 0 bridgehead atoms. The van der Waals surface area contributed by atoms with Crippen molar-refractivity contribution < 1.29 is 4.39 Å². The SMILES string of the molecule is Cc1c(-c2nnc(N3CCCCNCCCC3)s2)ccc(-c2cn[nH]c2)c1F. The highest BCUT2D eigenvalue weighted by molar-refractivity contribution is 7.18. The number of benzene rings is 1. The molecule has 4 rings (SSSR count). The Balaban J connectivity index is 1.57. The largest absolute Gasteiger partial charge is 0.347 e. The Morgan fingerprint density at radius 1 is 1.04 bits per heavy atom. The van der Waals surface area contributed by atoms with E-state index in [1.807, 2.05) is 6.07 Å². The van der Waals surface area contributed by atoms with Gasteiger partial charge in [-0.3, -0.25) is 5.10 Å². The summed E-state index contributed by atoms with van der Waals surface area (Å²) >= 11 is 1.55. The standard InChI is InChI=1S/C20H25FN6S/c1-14-16(6-7-17(18(14)21)15-12-23-24-13-15)19-25-26-20(28-19)27-10-4-2-8-22-9-3-5-11-27/h6-7,12-13,22H,2-5,8-11H2,1H3,(H,23,24). The van der Waals surface area contributed by atoms with E-state index >= 15 is 0 Å². The molecule has 1 fully saturated rings. The van der Waals surface area contributed by atoms with E-state index in [2.05, 4.69) is 30.6 Å². The molecule has 0 spiro atoms. The number of anilines is 1. The Hall–Kier alpha value is -2.32. The number of nitrogens with zero attached hydrogens (tertiary/aromatic N) is 4. The van der Waals surface area contributed by atoms with Gasteiger partial charge in [0.2, 0.25) is 5.13 Å². The highest BCUT2D eigenvalue weighted by Crippen LogP contribution is 2.35. The summed E-state index contributed by atoms with van der Waals surface area (Å²) in [6.45, 7) is 5.94. The van der Waals surface area contributed by atoms with E-state index in [0.29, 0.717) is 11.1 Å². The van der Waals surface area contributed by atoms with Crippen LogP contribution >= 0.6 is 11.3 Å². The van der Waals surface area contributed by atoms with Crippen molar-refractivity contribution in [3.05, 3.63) is 35.9 Å². The lowest BCUT2D eigenvalue weighted by Crippen LogP contribution is -2.29. The lowest BCUT2D eigenvalue weighted by Gasteiger charge is -2.22. The fourth-order valence-corrected chi connectivity index (χ4v) is 4.50. The Morgan fingerprint density at radius 2 is 1.79 bits per heavy atom. The first kappa shape index (κ1) is 19.0. The summed E-state index contributed by atoms with van der Waals surface area (Å²) in [4.78, 5) is 2.33. The molecule has 3 heterocycles. The molecule has 0 amide bonds. The summed E-state index contributed by atoms with van der Waals surface area (Å²) in [5.74, 6) is -0.234. The Kier molecular flexibility index (Phi) is 5.97. The van der Waals surface area contributed by atoms with Gasteiger partial charge in [0, 0.05) is 36.0 Å². The second kappa shape index (κ2) is 8.79. The molecular weight excluding hydrogens is 375 g/mol. The van der Waals surface area contributed by atoms with Crippen molar-refractivity contribution in [1.29, 1.82) is 0 Å². The van der Waals surface area contributed by atoms with Gasteiger partial charge in [-0.15, -0.1) is 10.2 Å². The zero-order valence-corrected chi connectivity index (χ0v) is 16.9. The molecule has 28 heavy (non-hydrogen) atoms. The van der Waals surface area contributed by atoms with Gasteiger partial charge in [-0.05, 0) is 51.3 Å². The van der Waals surface area contributed by atoms with Crippen LogP contribution < -0.4 is 10.2 Å². The average molecular weight is 401 g/mol. The van der Waals surface area contributed by atoms with E-state index in [-0.39, 0.29) is 5.82 Å². The van der Waals surface area contributed by atoms with Crippen LogP contribution in [-0.4, -0.2) is 46.6 Å². The molecule has 1 aromatic carbocycles. The normalized spacial score (nSPS) is 16.3. The molecule has 1 aliphatic heterocycles. The maximum atomic E-state index is 15.0. The smallest absolute Gasteiger partial charge is 0.208 e. The second-order valence-corrected chi connectivity index (χ2v) is 8.08. The molecule has 148 valence electrons. The first-order valence-electron chi connectivity index (χ1n) is 9.82. The van der Waals surface area contributed by atoms with E-state index in [1.165, 1.54) is 12.8 Å². The van der Waals surface area contributed by atoms with Gasteiger partial charge >= 0.3 is 0 Å². The molecule has 1 aliphatic rings. The molecule has 3 aromatic rings. The van der Waals surface area contributed by atoms with Crippen molar-refractivity contribution in [3.63, 3.8) is 0 Å². The summed E-state index contributed by atoms with van der Waals surface area (Å²) in [7, 11) is 0. The highest BCUT2D eigenvalue weighted by Gasteiger charge is 2.18. The zero-order chi connectivity index (χ0) is 19.3. The highest BCUT2D eigenvalue weighted by atomic mass is 32.1. The second-order valence-electron chi connectivity index (χ2n) is 7.13. The van der Waals surface area contributed by atoms with Crippen molar-refractivity contribution in [1.82, 2.24) is 25.7 Å². The van der Waals surface area contributed by atoms with Gasteiger partial charge < -0.3 is 10.2 Å². The molecule has 6 nitrogen and oxygen atoms in total. The third kappa shape index (κ3) is 4.07. The van der Waals surface area contributed by atoms with Gasteiger partial charge in [0.1, 0.15) is 10.8 Å². The van der Waals surface area contributed by atoms with Crippen molar-refractivity contribution in [2.75, 3.05) is 31.1 Å². The Bertz CT molecular complexity index is 898. The number of hydrogen-bond donors (Lipinski definition) is 2. The fraction of sp³-hybridized carbons (Fsp3) is 0.450. The number of hydrogen-bond acceptors (Lipinski definition) is 6. The molecule has 0 unspecified atom stereocenters. The molecular formula is C20H25FN6S. The van der Waals surface area contributed by atoms with E-state index in [1.54, 1.807) is 36.7 Å². The van der Waals surface area contributed by atoms with Crippen molar-refractivity contribution in [3.8, 4) is 21.7 Å². The van der Waals surface area contributed by atoms with Gasteiger partial charge in [0.25, 0.3) is 0 Å². The minimum Gasteiger partial charge on any atom is -0.347 e. The fourth-order valence-electron chi connectivity index (χ4n) is 3.52. The molecule has 2 N–H and O–H groups in total. The first-order valence-corrected chi connectivity index (χ1v) is 10.6. The van der Waals surface area contributed by atoms with Crippen LogP contribution in [0.2, 0.25) is 0 Å². The number of halogens is 1. The monoisotopic (exact) mass is 400 g/mol. The van der Waals surface area contributed by atoms with Crippen LogP contribution in [0.15, 0.2) is 24.5 Å². The molecule has 0 atom stereocenters. The summed E-state index contributed by atoms with van der Waals surface area (Å²) in [5, 5.41) is 20.6. The molecule has 0 radical (unpaired) electrons. The Labute approximate surface area is 168 Å². The zero-order valence-electron chi connectivity index (χ0n) is 16.0. The quantitative estimate of drug-likeness (QED) is 0.695. The first-order chi connectivity index (χ1) is 13.7. The maximum Gasteiger partial charge on any atom is 0.208 e. The lowest BCUT2D eigenvalue weighted by molar-refractivity contribution is 0.552. The van der Waals surface area contributed by atoms with Crippen LogP contribution in [0, 0.1) is 12.7 Å². The van der Waals surface area contributed by atoms with Crippen molar-refractivity contribution in [2.45, 2.75) is 32.6 Å². The minimum absolute atomic E-state index is 0.234. The van der Waals surface area contributed by atoms with E-state index in [4.69, 9.17) is 0 Å². The Morgan fingerprint density at radius 3 is 2.50 bits per heavy atom. The van der Waals surface area contributed by atoms with Crippen LogP contribution in [0.3, 0.4) is 0 Å². The van der Waals surface area contributed by atoms with Gasteiger partial charge in [0.15, 0.2) is 0 Å². The van der Waals surface area contributed by atoms with Gasteiger partial charge in [-0.25, -0.2) is 4.39 Å². The molecule has 8 heteroatoms. The topological polar surface area (TPSA) is 69.7 Å². The number of H-pyrrole nitrogens is 1. The van der Waals surface area contributed by atoms with Crippen LogP contribution in [0.5, 0.6) is 0 Å². The number of aromatic nitrogens is 4. The molecule has 1 saturated heterocycles. The summed E-state index contributed by atoms with van der Waals surface area (Å²) in [6, 6.07) is 3.72. The van der Waals surface area contributed by atoms with E-state index in [0.717, 1.165) is 60.3 Å². The van der Waals surface area contributed by atoms with Gasteiger partial charge in [-0.1, -0.05) is 23.5 Å². The lowest BCUT2D eigenvalue weighted by atomic mass is 10.0. The third-order valence-corrected chi connectivity index (χ3v) is 6.19. The molecule has 2 aromatic heterocycles. The predicted octanol–water partition coefficient (Wildman–Crippen LogP) is 4.01. The van der Waals surface area contributed by atoms with Crippen LogP contribution in [0.4, 0.5) is 9.52 Å². The summed E-state index contributed by atoms with van der Waals surface area (Å²) in [5.41, 5.74) is 2.68. The van der Waals surface area contributed by atoms with Crippen molar-refractivity contribution >= 4 is 16.5 Å². The number of nitrogens with one attached hydrogen (secondary N) is 2. The van der Waals surface area contributed by atoms with Crippen LogP contribution in [0.1, 0.15) is 31.2 Å². The van der Waals surface area contributed by atoms with Crippen molar-refractivity contribution in [2.24, 2.45) is 0 Å². The summed E-state index contributed by atoms with van der Waals surface area (Å²) in [6.07, 6.45) is 7.93. The summed E-state index contributed by atoms with van der Waals surface area (Å²) < 4.78 is 15.0. The van der Waals surface area contributed by atoms with Gasteiger partial charge in [0.05, 0.1) is 6.20 Å². The predicted molar refractivity (Wildman–Crippen MR) is 111 cm³/mol. The van der Waals surface area contributed by atoms with Crippen LogP contribution in [0.25, 0.3) is 21.7 Å². The van der Waals surface area contributed by atoms with Crippen LogP contribution in [-0.2, 0) is 0 Å². The number of aromatic amines is 1. The molecule has 0 saturated carbocycles. The van der Waals surface area contributed by atoms with Gasteiger partial charge in [-0.2, -0.15) is 5.10 Å². The number of rotatable bonds is 3. The third-order valence-electron chi connectivity index (χ3n) is 5.17. The average Bonchev–Trinajstić information content (AvgIpc) is 3.40. The maximum absolute atomic E-state index is 15.0.